The van der Waals surface area contributed by atoms with Crippen molar-refractivity contribution in [1.82, 2.24) is 10.2 Å². The number of hydrogen-bond donors (Lipinski definition) is 2. The van der Waals surface area contributed by atoms with Gasteiger partial charge in [0.15, 0.2) is 0 Å². The van der Waals surface area contributed by atoms with Gasteiger partial charge in [-0.2, -0.15) is 0 Å². The Kier molecular flexibility index (Phi) is 6.67. The average molecular weight is 270 g/mol. The normalized spacial score (nSPS) is 17.2. The number of aliphatic carboxylic acids is 1. The van der Waals surface area contributed by atoms with Gasteiger partial charge in [-0.1, -0.05) is 26.2 Å². The quantitative estimate of drug-likeness (QED) is 0.746. The molecule has 0 bridgehead atoms. The van der Waals surface area contributed by atoms with E-state index in [-0.39, 0.29) is 12.6 Å². The summed E-state index contributed by atoms with van der Waals surface area (Å²) in [4.78, 5) is 25.0. The molecule has 0 radical (unpaired) electrons. The van der Waals surface area contributed by atoms with Gasteiger partial charge in [-0.15, -0.1) is 0 Å². The molecule has 1 aliphatic rings. The first-order valence-electron chi connectivity index (χ1n) is 7.37. The predicted molar refractivity (Wildman–Crippen MR) is 74.1 cm³/mol. The summed E-state index contributed by atoms with van der Waals surface area (Å²) in [6, 6.07) is 0.219. The van der Waals surface area contributed by atoms with Gasteiger partial charge in [0.05, 0.1) is 5.92 Å². The molecule has 2 N–H and O–H groups in total. The number of nitrogens with one attached hydrogen (secondary N) is 1. The van der Waals surface area contributed by atoms with E-state index in [2.05, 4.69) is 5.32 Å². The van der Waals surface area contributed by atoms with Crippen LogP contribution in [0.4, 0.5) is 4.79 Å². The first-order valence-corrected chi connectivity index (χ1v) is 7.37. The van der Waals surface area contributed by atoms with Gasteiger partial charge in [-0.3, -0.25) is 4.79 Å². The van der Waals surface area contributed by atoms with Gasteiger partial charge in [0.2, 0.25) is 0 Å². The Morgan fingerprint density at radius 3 is 2.42 bits per heavy atom. The van der Waals surface area contributed by atoms with Gasteiger partial charge in [0.25, 0.3) is 0 Å². The molecule has 1 fully saturated rings. The molecule has 0 aromatic heterocycles. The number of nitrogens with zero attached hydrogens (tertiary/aromatic N) is 1. The van der Waals surface area contributed by atoms with Crippen LogP contribution in [-0.4, -0.2) is 41.1 Å². The molecule has 1 unspecified atom stereocenters. The molecule has 0 aromatic rings. The molecule has 1 aliphatic carbocycles. The lowest BCUT2D eigenvalue weighted by atomic mass is 10.0. The summed E-state index contributed by atoms with van der Waals surface area (Å²) in [5, 5.41) is 11.8. The molecule has 0 heterocycles. The minimum absolute atomic E-state index is 0.114. The summed E-state index contributed by atoms with van der Waals surface area (Å²) in [6.07, 6.45) is 5.92. The Balaban J connectivity index is 2.45. The monoisotopic (exact) mass is 270 g/mol. The average Bonchev–Trinajstić information content (AvgIpc) is 2.88. The van der Waals surface area contributed by atoms with Gasteiger partial charge in [0, 0.05) is 19.1 Å². The van der Waals surface area contributed by atoms with E-state index in [1.165, 1.54) is 12.8 Å². The third-order valence-corrected chi connectivity index (χ3v) is 3.85. The number of carbonyl (C=O) groups excluding carboxylic acids is 1. The first-order chi connectivity index (χ1) is 9.10. The van der Waals surface area contributed by atoms with E-state index in [0.717, 1.165) is 19.3 Å². The SMILES string of the molecule is CCCC(CNC(=O)N(CC)C1CCCC1)C(=O)O. The summed E-state index contributed by atoms with van der Waals surface area (Å²) in [5.74, 6) is -1.30. The van der Waals surface area contributed by atoms with Crippen LogP contribution in [-0.2, 0) is 4.79 Å². The highest BCUT2D eigenvalue weighted by Gasteiger charge is 2.26. The predicted octanol–water partition coefficient (Wildman–Crippen LogP) is 2.46. The van der Waals surface area contributed by atoms with Crippen molar-refractivity contribution in [2.45, 2.75) is 58.4 Å². The van der Waals surface area contributed by atoms with E-state index in [0.29, 0.717) is 19.0 Å². The molecule has 5 nitrogen and oxygen atoms in total. The molecular formula is C14H26N2O3. The van der Waals surface area contributed by atoms with Crippen molar-refractivity contribution in [3.8, 4) is 0 Å². The first kappa shape index (κ1) is 15.8. The van der Waals surface area contributed by atoms with Crippen molar-refractivity contribution < 1.29 is 14.7 Å². The van der Waals surface area contributed by atoms with E-state index >= 15 is 0 Å². The number of carbonyl (C=O) groups is 2. The third-order valence-electron chi connectivity index (χ3n) is 3.85. The lowest BCUT2D eigenvalue weighted by molar-refractivity contribution is -0.141. The molecule has 0 spiro atoms. The third kappa shape index (κ3) is 4.73. The van der Waals surface area contributed by atoms with Gasteiger partial charge in [0.1, 0.15) is 0 Å². The van der Waals surface area contributed by atoms with Crippen LogP contribution in [0.2, 0.25) is 0 Å². The maximum Gasteiger partial charge on any atom is 0.317 e. The summed E-state index contributed by atoms with van der Waals surface area (Å²) in [5.41, 5.74) is 0. The topological polar surface area (TPSA) is 69.6 Å². The molecule has 1 rings (SSSR count). The Bertz CT molecular complexity index is 301. The minimum atomic E-state index is -0.828. The molecule has 19 heavy (non-hydrogen) atoms. The Morgan fingerprint density at radius 1 is 1.32 bits per heavy atom. The highest BCUT2D eigenvalue weighted by atomic mass is 16.4. The van der Waals surface area contributed by atoms with Crippen LogP contribution in [0.5, 0.6) is 0 Å². The zero-order valence-electron chi connectivity index (χ0n) is 12.0. The lowest BCUT2D eigenvalue weighted by Crippen LogP contribution is -2.46. The summed E-state index contributed by atoms with van der Waals surface area (Å²) in [7, 11) is 0. The molecule has 2 amide bonds. The van der Waals surface area contributed by atoms with Gasteiger partial charge >= 0.3 is 12.0 Å². The van der Waals surface area contributed by atoms with E-state index in [1.54, 1.807) is 0 Å². The number of urea groups is 1. The second-order valence-corrected chi connectivity index (χ2v) is 5.23. The number of carboxylic acid groups (broad SMARTS) is 1. The van der Waals surface area contributed by atoms with Gasteiger partial charge < -0.3 is 15.3 Å². The Morgan fingerprint density at radius 2 is 1.95 bits per heavy atom. The van der Waals surface area contributed by atoms with E-state index < -0.39 is 11.9 Å². The Hall–Kier alpha value is -1.26. The number of hydrogen-bond acceptors (Lipinski definition) is 2. The van der Waals surface area contributed by atoms with E-state index in [4.69, 9.17) is 5.11 Å². The maximum atomic E-state index is 12.1. The molecule has 5 heteroatoms. The fourth-order valence-corrected chi connectivity index (χ4v) is 2.76. The Labute approximate surface area is 115 Å². The van der Waals surface area contributed by atoms with Crippen molar-refractivity contribution >= 4 is 12.0 Å². The van der Waals surface area contributed by atoms with Crippen LogP contribution >= 0.6 is 0 Å². The molecule has 1 saturated carbocycles. The van der Waals surface area contributed by atoms with Crippen molar-refractivity contribution in [2.24, 2.45) is 5.92 Å². The van der Waals surface area contributed by atoms with Crippen LogP contribution in [0, 0.1) is 5.92 Å². The van der Waals surface area contributed by atoms with Crippen LogP contribution < -0.4 is 5.32 Å². The van der Waals surface area contributed by atoms with Crippen LogP contribution in [0.25, 0.3) is 0 Å². The van der Waals surface area contributed by atoms with Crippen LogP contribution in [0.1, 0.15) is 52.4 Å². The van der Waals surface area contributed by atoms with Crippen molar-refractivity contribution in [1.29, 1.82) is 0 Å². The van der Waals surface area contributed by atoms with Crippen molar-refractivity contribution in [2.75, 3.05) is 13.1 Å². The van der Waals surface area contributed by atoms with Crippen molar-refractivity contribution in [3.63, 3.8) is 0 Å². The molecule has 0 aromatic carbocycles. The van der Waals surface area contributed by atoms with E-state index in [1.807, 2.05) is 18.7 Å². The highest BCUT2D eigenvalue weighted by Crippen LogP contribution is 2.23. The fourth-order valence-electron chi connectivity index (χ4n) is 2.76. The zero-order valence-corrected chi connectivity index (χ0v) is 12.0. The molecule has 0 aliphatic heterocycles. The second-order valence-electron chi connectivity index (χ2n) is 5.23. The van der Waals surface area contributed by atoms with Crippen LogP contribution in [0.15, 0.2) is 0 Å². The zero-order chi connectivity index (χ0) is 14.3. The van der Waals surface area contributed by atoms with E-state index in [9.17, 15) is 9.59 Å². The molecule has 0 saturated heterocycles. The second kappa shape index (κ2) is 8.02. The number of rotatable bonds is 7. The van der Waals surface area contributed by atoms with Crippen molar-refractivity contribution in [3.05, 3.63) is 0 Å². The smallest absolute Gasteiger partial charge is 0.317 e. The highest BCUT2D eigenvalue weighted by molar-refractivity contribution is 5.76. The van der Waals surface area contributed by atoms with Gasteiger partial charge in [-0.25, -0.2) is 4.79 Å². The van der Waals surface area contributed by atoms with Crippen LogP contribution in [0.3, 0.4) is 0 Å². The number of carboxylic acids is 1. The fraction of sp³-hybridized carbons (Fsp3) is 0.857. The maximum absolute atomic E-state index is 12.1. The summed E-state index contributed by atoms with van der Waals surface area (Å²) in [6.45, 7) is 4.83. The van der Waals surface area contributed by atoms with Gasteiger partial charge in [-0.05, 0) is 26.2 Å². The lowest BCUT2D eigenvalue weighted by Gasteiger charge is -2.28. The largest absolute Gasteiger partial charge is 0.481 e. The standard InChI is InChI=1S/C14H26N2O3/c1-3-7-11(13(17)18)10-15-14(19)16(4-2)12-8-5-6-9-12/h11-12H,3-10H2,1-2H3,(H,15,19)(H,17,18). The molecule has 1 atom stereocenters. The number of amides is 2. The summed E-state index contributed by atoms with van der Waals surface area (Å²) >= 11 is 0. The minimum Gasteiger partial charge on any atom is -0.481 e. The molecular weight excluding hydrogens is 244 g/mol. The summed E-state index contributed by atoms with van der Waals surface area (Å²) < 4.78 is 0. The molecule has 110 valence electrons.